The fourth-order valence-corrected chi connectivity index (χ4v) is 0.407. The molecule has 1 aromatic rings. The summed E-state index contributed by atoms with van der Waals surface area (Å²) >= 11 is 0. The number of nitrogen functional groups attached to an aromatic ring is 1. The third kappa shape index (κ3) is 1.04. The van der Waals surface area contributed by atoms with Crippen LogP contribution in [-0.2, 0) is 7.05 Å². The second kappa shape index (κ2) is 1.85. The number of hydrogen-bond donors (Lipinski definition) is 1. The molecule has 5 nitrogen and oxygen atoms in total. The summed E-state index contributed by atoms with van der Waals surface area (Å²) in [5, 5.41) is 3.59. The Balaban J connectivity index is 3.34. The van der Waals surface area contributed by atoms with Crippen LogP contribution >= 0.6 is 0 Å². The number of aryl methyl sites for hydroxylation is 1. The van der Waals surface area contributed by atoms with Crippen LogP contribution < -0.4 is 11.4 Å². The summed E-state index contributed by atoms with van der Waals surface area (Å²) in [6, 6.07) is 0. The molecule has 1 aromatic heterocycles. The lowest BCUT2D eigenvalue weighted by Crippen LogP contribution is -2.22. The van der Waals surface area contributed by atoms with E-state index in [2.05, 4.69) is 10.1 Å². The van der Waals surface area contributed by atoms with Gasteiger partial charge in [-0.25, -0.2) is 9.48 Å². The number of nitrogens with two attached hydrogens (primary N) is 1. The summed E-state index contributed by atoms with van der Waals surface area (Å²) in [6.45, 7) is 0. The van der Waals surface area contributed by atoms with Crippen LogP contribution in [0.3, 0.4) is 0 Å². The Morgan fingerprint density at radius 1 is 1.78 bits per heavy atom. The van der Waals surface area contributed by atoms with Gasteiger partial charge < -0.3 is 5.73 Å². The van der Waals surface area contributed by atoms with Gasteiger partial charge in [0.1, 0.15) is 5.82 Å². The second-order valence-electron chi connectivity index (χ2n) is 1.59. The molecule has 2 N–H and O–H groups in total. The summed E-state index contributed by atoms with van der Waals surface area (Å²) in [6.07, 6.45) is 1.32. The number of anilines is 1. The fourth-order valence-electron chi connectivity index (χ4n) is 0.407. The fraction of sp³-hybridized carbons (Fsp3) is 0.250. The predicted molar refractivity (Wildman–Crippen MR) is 31.7 cm³/mol. The predicted octanol–water partition coefficient (Wildman–Crippen LogP) is -1.24. The summed E-state index contributed by atoms with van der Waals surface area (Å²) in [5.41, 5.74) is 4.71. The highest BCUT2D eigenvalue weighted by Crippen LogP contribution is 1.80. The first-order valence-electron chi connectivity index (χ1n) is 2.36. The third-order valence-corrected chi connectivity index (χ3v) is 0.865. The lowest BCUT2D eigenvalue weighted by Gasteiger charge is -1.91. The van der Waals surface area contributed by atoms with Crippen LogP contribution in [0.5, 0.6) is 0 Å². The van der Waals surface area contributed by atoms with Gasteiger partial charge in [-0.1, -0.05) is 0 Å². The molecule has 1 heterocycles. The quantitative estimate of drug-likeness (QED) is 0.471. The Morgan fingerprint density at radius 3 is 2.89 bits per heavy atom. The maximum absolute atomic E-state index is 10.5. The van der Waals surface area contributed by atoms with Gasteiger partial charge in [0.25, 0.3) is 0 Å². The molecule has 0 spiro atoms. The average molecular weight is 126 g/mol. The van der Waals surface area contributed by atoms with E-state index in [1.807, 2.05) is 0 Å². The van der Waals surface area contributed by atoms with Gasteiger partial charge >= 0.3 is 5.69 Å². The standard InChI is InChI=1S/C4H6N4O/c1-8-4(9)7-3(5)2-6-8/h2H,1H3,(H2,5,7,9). The number of nitrogens with zero attached hydrogens (tertiary/aromatic N) is 3. The van der Waals surface area contributed by atoms with E-state index in [0.717, 1.165) is 4.68 Å². The average Bonchev–Trinajstić information content (AvgIpc) is 1.80. The monoisotopic (exact) mass is 126 g/mol. The van der Waals surface area contributed by atoms with Gasteiger partial charge in [0.05, 0.1) is 6.20 Å². The molecule has 0 bridgehead atoms. The van der Waals surface area contributed by atoms with Crippen molar-refractivity contribution in [1.82, 2.24) is 14.8 Å². The van der Waals surface area contributed by atoms with Gasteiger partial charge in [-0.2, -0.15) is 10.1 Å². The minimum atomic E-state index is -0.435. The van der Waals surface area contributed by atoms with Crippen molar-refractivity contribution in [3.05, 3.63) is 16.7 Å². The molecule has 0 aliphatic carbocycles. The van der Waals surface area contributed by atoms with Crippen molar-refractivity contribution in [2.24, 2.45) is 7.05 Å². The molecule has 5 heteroatoms. The van der Waals surface area contributed by atoms with Crippen molar-refractivity contribution in [1.29, 1.82) is 0 Å². The normalized spacial score (nSPS) is 9.44. The highest BCUT2D eigenvalue weighted by molar-refractivity contribution is 5.19. The minimum absolute atomic E-state index is 0.151. The molecule has 0 saturated carbocycles. The van der Waals surface area contributed by atoms with E-state index in [9.17, 15) is 4.79 Å². The summed E-state index contributed by atoms with van der Waals surface area (Å²) in [7, 11) is 1.51. The second-order valence-corrected chi connectivity index (χ2v) is 1.59. The Bertz CT molecular complexity index is 266. The maximum Gasteiger partial charge on any atom is 0.365 e. The van der Waals surface area contributed by atoms with Crippen molar-refractivity contribution in [2.45, 2.75) is 0 Å². The van der Waals surface area contributed by atoms with Crippen molar-refractivity contribution in [2.75, 3.05) is 5.73 Å². The molecular weight excluding hydrogens is 120 g/mol. The van der Waals surface area contributed by atoms with E-state index in [1.165, 1.54) is 13.2 Å². The van der Waals surface area contributed by atoms with E-state index < -0.39 is 5.69 Å². The van der Waals surface area contributed by atoms with Crippen LogP contribution in [0.25, 0.3) is 0 Å². The van der Waals surface area contributed by atoms with E-state index in [1.54, 1.807) is 0 Å². The SMILES string of the molecule is Cn1ncc(N)nc1=O. The van der Waals surface area contributed by atoms with E-state index >= 15 is 0 Å². The van der Waals surface area contributed by atoms with Gasteiger partial charge in [0.2, 0.25) is 0 Å². The lowest BCUT2D eigenvalue weighted by atomic mass is 10.8. The highest BCUT2D eigenvalue weighted by Gasteiger charge is 1.90. The summed E-state index contributed by atoms with van der Waals surface area (Å²) in [5.74, 6) is 0.151. The van der Waals surface area contributed by atoms with E-state index in [0.29, 0.717) is 0 Å². The van der Waals surface area contributed by atoms with E-state index in [4.69, 9.17) is 5.73 Å². The molecule has 0 radical (unpaired) electrons. The van der Waals surface area contributed by atoms with Crippen LogP contribution in [0.2, 0.25) is 0 Å². The van der Waals surface area contributed by atoms with Gasteiger partial charge in [-0.15, -0.1) is 0 Å². The van der Waals surface area contributed by atoms with Gasteiger partial charge in [-0.3, -0.25) is 0 Å². The van der Waals surface area contributed by atoms with Crippen molar-refractivity contribution in [3.63, 3.8) is 0 Å². The molecule has 1 rings (SSSR count). The van der Waals surface area contributed by atoms with Crippen LogP contribution in [0.4, 0.5) is 5.82 Å². The summed E-state index contributed by atoms with van der Waals surface area (Å²) in [4.78, 5) is 13.9. The van der Waals surface area contributed by atoms with E-state index in [-0.39, 0.29) is 5.82 Å². The highest BCUT2D eigenvalue weighted by atomic mass is 16.1. The van der Waals surface area contributed by atoms with Crippen molar-refractivity contribution < 1.29 is 0 Å². The molecular formula is C4H6N4O. The van der Waals surface area contributed by atoms with Gasteiger partial charge in [0, 0.05) is 7.05 Å². The molecule has 0 aliphatic heterocycles. The largest absolute Gasteiger partial charge is 0.382 e. The zero-order valence-electron chi connectivity index (χ0n) is 4.90. The van der Waals surface area contributed by atoms with Crippen LogP contribution in [0.1, 0.15) is 0 Å². The molecule has 0 fully saturated rings. The maximum atomic E-state index is 10.5. The molecule has 9 heavy (non-hydrogen) atoms. The Labute approximate surface area is 51.1 Å². The van der Waals surface area contributed by atoms with Gasteiger partial charge in [0.15, 0.2) is 0 Å². The van der Waals surface area contributed by atoms with Crippen molar-refractivity contribution in [3.8, 4) is 0 Å². The molecule has 48 valence electrons. The number of aromatic nitrogens is 3. The molecule has 0 aromatic carbocycles. The minimum Gasteiger partial charge on any atom is -0.382 e. The topological polar surface area (TPSA) is 73.8 Å². The van der Waals surface area contributed by atoms with Crippen LogP contribution in [0.15, 0.2) is 11.0 Å². The molecule has 0 unspecified atom stereocenters. The smallest absolute Gasteiger partial charge is 0.365 e. The van der Waals surface area contributed by atoms with Gasteiger partial charge in [-0.05, 0) is 0 Å². The number of hydrogen-bond acceptors (Lipinski definition) is 4. The molecule has 0 amide bonds. The van der Waals surface area contributed by atoms with Crippen LogP contribution in [0, 0.1) is 0 Å². The summed E-state index contributed by atoms with van der Waals surface area (Å²) < 4.78 is 1.11. The first-order chi connectivity index (χ1) is 4.20. The number of rotatable bonds is 0. The zero-order chi connectivity index (χ0) is 6.85. The molecule has 0 saturated heterocycles. The molecule has 0 aliphatic rings. The zero-order valence-corrected chi connectivity index (χ0v) is 4.90. The first-order valence-corrected chi connectivity index (χ1v) is 2.36. The lowest BCUT2D eigenvalue weighted by molar-refractivity contribution is 0.677. The Morgan fingerprint density at radius 2 is 2.44 bits per heavy atom. The van der Waals surface area contributed by atoms with Crippen LogP contribution in [-0.4, -0.2) is 14.8 Å². The molecule has 0 atom stereocenters. The third-order valence-electron chi connectivity index (χ3n) is 0.865. The Kier molecular flexibility index (Phi) is 1.18. The van der Waals surface area contributed by atoms with Crippen molar-refractivity contribution >= 4 is 5.82 Å². The Hall–Kier alpha value is -1.39. The first kappa shape index (κ1) is 5.74.